The fourth-order valence-electron chi connectivity index (χ4n) is 2.25. The minimum atomic E-state index is -0.308. The molecule has 1 aliphatic rings. The van der Waals surface area contributed by atoms with Crippen molar-refractivity contribution in [2.75, 3.05) is 7.05 Å². The third kappa shape index (κ3) is 1.59. The van der Waals surface area contributed by atoms with Crippen LogP contribution in [0.2, 0.25) is 0 Å². The van der Waals surface area contributed by atoms with Crippen LogP contribution >= 0.6 is 0 Å². The first kappa shape index (κ1) is 10.3. The Morgan fingerprint density at radius 1 is 1.35 bits per heavy atom. The minimum Gasteiger partial charge on any atom is -0.296 e. The van der Waals surface area contributed by atoms with Crippen LogP contribution < -0.4 is 5.56 Å². The van der Waals surface area contributed by atoms with Gasteiger partial charge in [-0.3, -0.25) is 19.5 Å². The molecule has 0 aliphatic carbocycles. The highest BCUT2D eigenvalue weighted by atomic mass is 19.1. The first-order valence-corrected chi connectivity index (χ1v) is 5.42. The number of nitrogens with zero attached hydrogens (tertiary/aromatic N) is 2. The lowest BCUT2D eigenvalue weighted by atomic mass is 10.2. The average Bonchev–Trinajstić information content (AvgIpc) is 2.79. The maximum absolute atomic E-state index is 13.2. The fourth-order valence-corrected chi connectivity index (χ4v) is 2.25. The van der Waals surface area contributed by atoms with Gasteiger partial charge >= 0.3 is 0 Å². The first-order valence-electron chi connectivity index (χ1n) is 5.42. The van der Waals surface area contributed by atoms with Crippen LogP contribution in [0.1, 0.15) is 11.3 Å². The molecule has 1 aromatic heterocycles. The highest BCUT2D eigenvalue weighted by molar-refractivity contribution is 5.36. The molecule has 1 aliphatic heterocycles. The van der Waals surface area contributed by atoms with Crippen LogP contribution in [0.25, 0.3) is 5.69 Å². The molecule has 0 saturated carbocycles. The van der Waals surface area contributed by atoms with Gasteiger partial charge in [0, 0.05) is 13.1 Å². The van der Waals surface area contributed by atoms with Gasteiger partial charge in [0.15, 0.2) is 0 Å². The first-order chi connectivity index (χ1) is 8.15. The summed E-state index contributed by atoms with van der Waals surface area (Å²) in [6.45, 7) is 1.34. The number of halogens is 1. The molecule has 2 aromatic rings. The predicted octanol–water partition coefficient (Wildman–Crippen LogP) is 1.25. The summed E-state index contributed by atoms with van der Waals surface area (Å²) in [5.74, 6) is -0.308. The van der Waals surface area contributed by atoms with Gasteiger partial charge in [0.2, 0.25) is 0 Å². The van der Waals surface area contributed by atoms with Crippen molar-refractivity contribution < 1.29 is 4.39 Å². The highest BCUT2D eigenvalue weighted by Crippen LogP contribution is 2.21. The van der Waals surface area contributed by atoms with Crippen molar-refractivity contribution in [3.63, 3.8) is 0 Å². The third-order valence-electron chi connectivity index (χ3n) is 3.02. The predicted molar refractivity (Wildman–Crippen MR) is 61.5 cm³/mol. The summed E-state index contributed by atoms with van der Waals surface area (Å²) in [6, 6.07) is 6.21. The fraction of sp³-hybridized carbons (Fsp3) is 0.250. The van der Waals surface area contributed by atoms with E-state index in [1.807, 2.05) is 7.05 Å². The second kappa shape index (κ2) is 3.56. The van der Waals surface area contributed by atoms with E-state index >= 15 is 0 Å². The van der Waals surface area contributed by atoms with E-state index < -0.39 is 0 Å². The van der Waals surface area contributed by atoms with E-state index in [0.717, 1.165) is 11.3 Å². The van der Waals surface area contributed by atoms with Crippen LogP contribution in [-0.2, 0) is 13.1 Å². The van der Waals surface area contributed by atoms with Gasteiger partial charge < -0.3 is 0 Å². The molecule has 1 N–H and O–H groups in total. The molecule has 0 amide bonds. The lowest BCUT2D eigenvalue weighted by Crippen LogP contribution is -2.16. The van der Waals surface area contributed by atoms with Crippen molar-refractivity contribution >= 4 is 0 Å². The molecule has 88 valence electrons. The molecule has 0 atom stereocenters. The van der Waals surface area contributed by atoms with Gasteiger partial charge in [-0.15, -0.1) is 0 Å². The molecule has 17 heavy (non-hydrogen) atoms. The molecule has 0 radical (unpaired) electrons. The van der Waals surface area contributed by atoms with Crippen LogP contribution in [0, 0.1) is 5.82 Å². The van der Waals surface area contributed by atoms with Crippen LogP contribution in [0.4, 0.5) is 4.39 Å². The van der Waals surface area contributed by atoms with Gasteiger partial charge in [-0.25, -0.2) is 4.39 Å². The van der Waals surface area contributed by atoms with E-state index in [1.54, 1.807) is 16.8 Å². The van der Waals surface area contributed by atoms with Gasteiger partial charge in [-0.2, -0.15) is 0 Å². The Morgan fingerprint density at radius 3 is 2.94 bits per heavy atom. The second-order valence-electron chi connectivity index (χ2n) is 4.35. The Labute approximate surface area is 97.3 Å². The molecule has 0 fully saturated rings. The number of fused-ring (bicyclic) bond motifs is 1. The number of hydrogen-bond acceptors (Lipinski definition) is 2. The van der Waals surface area contributed by atoms with Crippen LogP contribution in [0.15, 0.2) is 29.1 Å². The van der Waals surface area contributed by atoms with E-state index in [9.17, 15) is 9.18 Å². The summed E-state index contributed by atoms with van der Waals surface area (Å²) in [7, 11) is 1.95. The van der Waals surface area contributed by atoms with E-state index in [0.29, 0.717) is 18.8 Å². The molecule has 0 unspecified atom stereocenters. The topological polar surface area (TPSA) is 41.0 Å². The van der Waals surface area contributed by atoms with Crippen LogP contribution in [-0.4, -0.2) is 21.7 Å². The standard InChI is InChI=1S/C12H12FN3O/c1-15-6-10-11(7-15)16(14-12(10)17)9-4-2-3-8(13)5-9/h2-5H,6-7H2,1H3,(H,14,17). The Balaban J connectivity index is 2.17. The number of benzene rings is 1. The molecule has 2 heterocycles. The van der Waals surface area contributed by atoms with Gasteiger partial charge in [0.1, 0.15) is 5.82 Å². The second-order valence-corrected chi connectivity index (χ2v) is 4.35. The molecule has 5 heteroatoms. The Bertz CT molecular complexity index is 629. The number of aromatic amines is 1. The van der Waals surface area contributed by atoms with Crippen molar-refractivity contribution in [2.45, 2.75) is 13.1 Å². The van der Waals surface area contributed by atoms with Crippen molar-refractivity contribution in [1.29, 1.82) is 0 Å². The normalized spacial score (nSPS) is 15.2. The number of aromatic nitrogens is 2. The number of hydrogen-bond donors (Lipinski definition) is 1. The largest absolute Gasteiger partial charge is 0.296 e. The van der Waals surface area contributed by atoms with Crippen LogP contribution in [0.3, 0.4) is 0 Å². The van der Waals surface area contributed by atoms with Crippen molar-refractivity contribution in [3.05, 3.63) is 51.7 Å². The van der Waals surface area contributed by atoms with Gasteiger partial charge in [-0.1, -0.05) is 6.07 Å². The zero-order valence-corrected chi connectivity index (χ0v) is 9.40. The van der Waals surface area contributed by atoms with Crippen molar-refractivity contribution in [2.24, 2.45) is 0 Å². The van der Waals surface area contributed by atoms with Gasteiger partial charge in [-0.05, 0) is 25.2 Å². The van der Waals surface area contributed by atoms with Gasteiger partial charge in [0.25, 0.3) is 5.56 Å². The van der Waals surface area contributed by atoms with Crippen molar-refractivity contribution in [1.82, 2.24) is 14.7 Å². The molecular weight excluding hydrogens is 221 g/mol. The van der Waals surface area contributed by atoms with Crippen molar-refractivity contribution in [3.8, 4) is 5.69 Å². The summed E-state index contributed by atoms with van der Waals surface area (Å²) in [5, 5.41) is 2.75. The zero-order valence-electron chi connectivity index (χ0n) is 9.40. The molecule has 1 aromatic carbocycles. The number of rotatable bonds is 1. The van der Waals surface area contributed by atoms with E-state index in [4.69, 9.17) is 0 Å². The number of H-pyrrole nitrogens is 1. The third-order valence-corrected chi connectivity index (χ3v) is 3.02. The minimum absolute atomic E-state index is 0.0892. The molecule has 0 bridgehead atoms. The van der Waals surface area contributed by atoms with E-state index in [-0.39, 0.29) is 11.4 Å². The van der Waals surface area contributed by atoms with Crippen LogP contribution in [0.5, 0.6) is 0 Å². The summed E-state index contributed by atoms with van der Waals surface area (Å²) in [6.07, 6.45) is 0. The maximum atomic E-state index is 13.2. The molecule has 0 spiro atoms. The SMILES string of the molecule is CN1Cc2c(n(-c3cccc(F)c3)[nH]c2=O)C1. The monoisotopic (exact) mass is 233 g/mol. The summed E-state index contributed by atoms with van der Waals surface area (Å²) >= 11 is 0. The number of nitrogens with one attached hydrogen (secondary N) is 1. The molecule has 0 saturated heterocycles. The Hall–Kier alpha value is -1.88. The molecule has 4 nitrogen and oxygen atoms in total. The van der Waals surface area contributed by atoms with E-state index in [1.165, 1.54) is 12.1 Å². The quantitative estimate of drug-likeness (QED) is 0.805. The molecule has 3 rings (SSSR count). The summed E-state index contributed by atoms with van der Waals surface area (Å²) in [4.78, 5) is 13.8. The Kier molecular flexibility index (Phi) is 2.16. The lowest BCUT2D eigenvalue weighted by molar-refractivity contribution is 0.345. The van der Waals surface area contributed by atoms with Gasteiger partial charge in [0.05, 0.1) is 16.9 Å². The smallest absolute Gasteiger partial charge is 0.269 e. The lowest BCUT2D eigenvalue weighted by Gasteiger charge is -2.09. The Morgan fingerprint density at radius 2 is 2.18 bits per heavy atom. The summed E-state index contributed by atoms with van der Waals surface area (Å²) < 4.78 is 14.8. The van der Waals surface area contributed by atoms with E-state index in [2.05, 4.69) is 10.00 Å². The highest BCUT2D eigenvalue weighted by Gasteiger charge is 2.24. The summed E-state index contributed by atoms with van der Waals surface area (Å²) in [5.41, 5.74) is 2.26. The zero-order chi connectivity index (χ0) is 12.0. The average molecular weight is 233 g/mol. The maximum Gasteiger partial charge on any atom is 0.269 e. The molecular formula is C12H12FN3O.